The maximum Gasteiger partial charge on any atom is 0.338 e. The third-order valence-electron chi connectivity index (χ3n) is 2.16. The van der Waals surface area contributed by atoms with Crippen LogP contribution in [0.2, 0.25) is 0 Å². The second-order valence-electron chi connectivity index (χ2n) is 3.11. The standard InChI is InChI=1S/C10H9N3O2/c1-2-3-6-4-5-7-9(12-13-11-7)8(6)10(14)15/h2,4-5H,1,3H2,(H,14,15)(H,11,12,13). The SMILES string of the molecule is C=CCc1ccc2[nH]nnc2c1C(=O)O. The van der Waals surface area contributed by atoms with Crippen molar-refractivity contribution in [2.75, 3.05) is 0 Å². The number of carboxylic acid groups (broad SMARTS) is 1. The Morgan fingerprint density at radius 2 is 2.40 bits per heavy atom. The summed E-state index contributed by atoms with van der Waals surface area (Å²) in [4.78, 5) is 11.1. The maximum absolute atomic E-state index is 11.1. The van der Waals surface area contributed by atoms with Crippen molar-refractivity contribution in [3.63, 3.8) is 0 Å². The molecule has 0 aliphatic rings. The van der Waals surface area contributed by atoms with Crippen LogP contribution in [-0.2, 0) is 6.42 Å². The van der Waals surface area contributed by atoms with Gasteiger partial charge in [0.05, 0.1) is 11.1 Å². The summed E-state index contributed by atoms with van der Waals surface area (Å²) in [6.07, 6.45) is 2.16. The van der Waals surface area contributed by atoms with Crippen LogP contribution in [0.4, 0.5) is 0 Å². The molecule has 1 aromatic heterocycles. The minimum absolute atomic E-state index is 0.196. The molecule has 5 heteroatoms. The number of hydrogen-bond donors (Lipinski definition) is 2. The predicted molar refractivity (Wildman–Crippen MR) is 54.7 cm³/mol. The number of hydrogen-bond acceptors (Lipinski definition) is 3. The second kappa shape index (κ2) is 3.53. The number of rotatable bonds is 3. The Labute approximate surface area is 85.4 Å². The molecule has 15 heavy (non-hydrogen) atoms. The van der Waals surface area contributed by atoms with Gasteiger partial charge in [0.1, 0.15) is 5.52 Å². The lowest BCUT2D eigenvalue weighted by molar-refractivity contribution is 0.0698. The third-order valence-corrected chi connectivity index (χ3v) is 2.16. The van der Waals surface area contributed by atoms with Crippen molar-refractivity contribution < 1.29 is 9.90 Å². The minimum Gasteiger partial charge on any atom is -0.478 e. The molecule has 0 atom stereocenters. The Morgan fingerprint density at radius 3 is 3.07 bits per heavy atom. The highest BCUT2D eigenvalue weighted by molar-refractivity contribution is 6.02. The van der Waals surface area contributed by atoms with E-state index < -0.39 is 5.97 Å². The van der Waals surface area contributed by atoms with Gasteiger partial charge >= 0.3 is 5.97 Å². The molecule has 0 aliphatic heterocycles. The molecule has 0 bridgehead atoms. The van der Waals surface area contributed by atoms with Gasteiger partial charge in [-0.25, -0.2) is 4.79 Å². The second-order valence-corrected chi connectivity index (χ2v) is 3.11. The van der Waals surface area contributed by atoms with E-state index >= 15 is 0 Å². The van der Waals surface area contributed by atoms with Crippen LogP contribution in [0.5, 0.6) is 0 Å². The molecule has 2 N–H and O–H groups in total. The van der Waals surface area contributed by atoms with Gasteiger partial charge in [0.25, 0.3) is 0 Å². The molecule has 76 valence electrons. The summed E-state index contributed by atoms with van der Waals surface area (Å²) in [5.74, 6) is -0.994. The summed E-state index contributed by atoms with van der Waals surface area (Å²) in [6, 6.07) is 3.51. The van der Waals surface area contributed by atoms with Gasteiger partial charge in [0.15, 0.2) is 0 Å². The van der Waals surface area contributed by atoms with Crippen LogP contribution in [0.25, 0.3) is 11.0 Å². The fraction of sp³-hybridized carbons (Fsp3) is 0.100. The highest BCUT2D eigenvalue weighted by Gasteiger charge is 2.15. The molecule has 0 spiro atoms. The Bertz CT molecular complexity index is 530. The van der Waals surface area contributed by atoms with E-state index in [0.717, 1.165) is 0 Å². The van der Waals surface area contributed by atoms with E-state index in [9.17, 15) is 4.79 Å². The van der Waals surface area contributed by atoms with Crippen LogP contribution in [0.15, 0.2) is 24.8 Å². The van der Waals surface area contributed by atoms with Gasteiger partial charge in [-0.2, -0.15) is 0 Å². The Hall–Kier alpha value is -2.17. The van der Waals surface area contributed by atoms with Crippen LogP contribution < -0.4 is 0 Å². The maximum atomic E-state index is 11.1. The molecule has 5 nitrogen and oxygen atoms in total. The highest BCUT2D eigenvalue weighted by Crippen LogP contribution is 2.19. The number of benzene rings is 1. The van der Waals surface area contributed by atoms with Gasteiger partial charge in [0.2, 0.25) is 0 Å². The number of H-pyrrole nitrogens is 1. The van der Waals surface area contributed by atoms with Crippen LogP contribution in [0.1, 0.15) is 15.9 Å². The monoisotopic (exact) mass is 203 g/mol. The van der Waals surface area contributed by atoms with Crippen LogP contribution in [-0.4, -0.2) is 26.5 Å². The van der Waals surface area contributed by atoms with Crippen molar-refractivity contribution in [3.05, 3.63) is 35.9 Å². The molecule has 1 aromatic carbocycles. The van der Waals surface area contributed by atoms with Crippen molar-refractivity contribution in [2.24, 2.45) is 0 Å². The number of nitrogens with zero attached hydrogens (tertiary/aromatic N) is 2. The van der Waals surface area contributed by atoms with Crippen LogP contribution in [0.3, 0.4) is 0 Å². The molecular weight excluding hydrogens is 194 g/mol. The zero-order valence-corrected chi connectivity index (χ0v) is 7.90. The number of nitrogens with one attached hydrogen (secondary N) is 1. The van der Waals surface area contributed by atoms with Crippen molar-refractivity contribution in [1.29, 1.82) is 0 Å². The van der Waals surface area contributed by atoms with Crippen molar-refractivity contribution in [3.8, 4) is 0 Å². The van der Waals surface area contributed by atoms with E-state index in [-0.39, 0.29) is 5.56 Å². The summed E-state index contributed by atoms with van der Waals surface area (Å²) in [5, 5.41) is 19.1. The summed E-state index contributed by atoms with van der Waals surface area (Å²) >= 11 is 0. The molecule has 1 heterocycles. The van der Waals surface area contributed by atoms with Gasteiger partial charge in [-0.15, -0.1) is 11.7 Å². The number of aromatic amines is 1. The molecule has 0 fully saturated rings. The highest BCUT2D eigenvalue weighted by atomic mass is 16.4. The number of aromatic nitrogens is 3. The lowest BCUT2D eigenvalue weighted by Crippen LogP contribution is -2.03. The average molecular weight is 203 g/mol. The molecule has 0 saturated carbocycles. The number of fused-ring (bicyclic) bond motifs is 1. The average Bonchev–Trinajstić information content (AvgIpc) is 2.64. The smallest absolute Gasteiger partial charge is 0.338 e. The van der Waals surface area contributed by atoms with E-state index in [4.69, 9.17) is 5.11 Å². The van der Waals surface area contributed by atoms with E-state index in [1.54, 1.807) is 18.2 Å². The van der Waals surface area contributed by atoms with Gasteiger partial charge in [0, 0.05) is 0 Å². The first-order valence-electron chi connectivity index (χ1n) is 4.41. The van der Waals surface area contributed by atoms with E-state index in [1.807, 2.05) is 0 Å². The summed E-state index contributed by atoms with van der Waals surface area (Å²) in [7, 11) is 0. The molecule has 0 radical (unpaired) electrons. The quantitative estimate of drug-likeness (QED) is 0.738. The summed E-state index contributed by atoms with van der Waals surface area (Å²) < 4.78 is 0. The number of aromatic carboxylic acids is 1. The molecule has 0 amide bonds. The van der Waals surface area contributed by atoms with Crippen molar-refractivity contribution in [1.82, 2.24) is 15.4 Å². The Balaban J connectivity index is 2.74. The predicted octanol–water partition coefficient (Wildman–Crippen LogP) is 1.38. The molecule has 0 unspecified atom stereocenters. The zero-order chi connectivity index (χ0) is 10.8. The fourth-order valence-electron chi connectivity index (χ4n) is 1.52. The number of carbonyl (C=O) groups is 1. The van der Waals surface area contributed by atoms with Gasteiger partial charge in [-0.05, 0) is 18.1 Å². The van der Waals surface area contributed by atoms with Crippen molar-refractivity contribution >= 4 is 17.0 Å². The first-order chi connectivity index (χ1) is 7.24. The fourth-order valence-corrected chi connectivity index (χ4v) is 1.52. The van der Waals surface area contributed by atoms with Gasteiger partial charge in [-0.1, -0.05) is 17.4 Å². The molecule has 0 saturated heterocycles. The summed E-state index contributed by atoms with van der Waals surface area (Å²) in [5.41, 5.74) is 1.90. The molecule has 2 rings (SSSR count). The normalized spacial score (nSPS) is 10.4. The lowest BCUT2D eigenvalue weighted by atomic mass is 10.0. The first-order valence-corrected chi connectivity index (χ1v) is 4.41. The van der Waals surface area contributed by atoms with Crippen LogP contribution >= 0.6 is 0 Å². The Morgan fingerprint density at radius 1 is 1.60 bits per heavy atom. The Kier molecular flexibility index (Phi) is 2.21. The van der Waals surface area contributed by atoms with Gasteiger partial charge < -0.3 is 5.11 Å². The minimum atomic E-state index is -0.994. The number of carboxylic acids is 1. The lowest BCUT2D eigenvalue weighted by Gasteiger charge is -2.02. The number of allylic oxidation sites excluding steroid dienone is 1. The topological polar surface area (TPSA) is 78.9 Å². The molecular formula is C10H9N3O2. The van der Waals surface area contributed by atoms with Crippen LogP contribution in [0, 0.1) is 0 Å². The molecule has 2 aromatic rings. The molecule has 0 aliphatic carbocycles. The van der Waals surface area contributed by atoms with Crippen molar-refractivity contribution in [2.45, 2.75) is 6.42 Å². The third kappa shape index (κ3) is 1.48. The zero-order valence-electron chi connectivity index (χ0n) is 7.90. The van der Waals surface area contributed by atoms with Gasteiger partial charge in [-0.3, -0.25) is 5.10 Å². The van der Waals surface area contributed by atoms with E-state index in [2.05, 4.69) is 22.0 Å². The first kappa shape index (κ1) is 9.39. The largest absolute Gasteiger partial charge is 0.478 e. The van der Waals surface area contributed by atoms with E-state index in [1.165, 1.54) is 0 Å². The summed E-state index contributed by atoms with van der Waals surface area (Å²) in [6.45, 7) is 3.59. The van der Waals surface area contributed by atoms with E-state index in [0.29, 0.717) is 23.0 Å².